The molecule has 0 spiro atoms. The molecule has 4 N–H and O–H groups in total. The molecule has 1 saturated carbocycles. The summed E-state index contributed by atoms with van der Waals surface area (Å²) in [5.41, 5.74) is 7.95. The smallest absolute Gasteiger partial charge is 0.220 e. The highest BCUT2D eigenvalue weighted by Gasteiger charge is 2.16. The maximum atomic E-state index is 11.9. The van der Waals surface area contributed by atoms with Crippen LogP contribution in [0.15, 0.2) is 29.3 Å². The molecule has 5 nitrogen and oxygen atoms in total. The number of rotatable bonds is 6. The maximum Gasteiger partial charge on any atom is 0.220 e. The van der Waals surface area contributed by atoms with Crippen molar-refractivity contribution < 1.29 is 4.79 Å². The zero-order chi connectivity index (χ0) is 16.5. The van der Waals surface area contributed by atoms with Gasteiger partial charge in [-0.2, -0.15) is 0 Å². The lowest BCUT2D eigenvalue weighted by Crippen LogP contribution is -2.30. The van der Waals surface area contributed by atoms with Gasteiger partial charge in [-0.05, 0) is 37.8 Å². The first-order chi connectivity index (χ1) is 11.1. The minimum Gasteiger partial charge on any atom is -0.370 e. The zero-order valence-corrected chi connectivity index (χ0v) is 16.7. The summed E-state index contributed by atoms with van der Waals surface area (Å²) in [6, 6.07) is 7.95. The molecule has 1 aromatic carbocycles. The number of benzene rings is 1. The average Bonchev–Trinajstić information content (AvgIpc) is 2.55. The minimum atomic E-state index is 0. The van der Waals surface area contributed by atoms with Gasteiger partial charge in [0.15, 0.2) is 5.96 Å². The summed E-state index contributed by atoms with van der Waals surface area (Å²) >= 11 is 0. The van der Waals surface area contributed by atoms with E-state index in [0.29, 0.717) is 31.4 Å². The number of aliphatic imine (C=N–C) groups is 1. The van der Waals surface area contributed by atoms with Crippen molar-refractivity contribution in [3.05, 3.63) is 29.8 Å². The van der Waals surface area contributed by atoms with Gasteiger partial charge in [0.25, 0.3) is 0 Å². The molecule has 0 aliphatic heterocycles. The van der Waals surface area contributed by atoms with Crippen molar-refractivity contribution in [2.24, 2.45) is 16.6 Å². The summed E-state index contributed by atoms with van der Waals surface area (Å²) in [6.45, 7) is 3.06. The highest BCUT2D eigenvalue weighted by atomic mass is 127. The van der Waals surface area contributed by atoms with Crippen molar-refractivity contribution in [2.75, 3.05) is 18.4 Å². The minimum absolute atomic E-state index is 0. The predicted octanol–water partition coefficient (Wildman–Crippen LogP) is 3.43. The largest absolute Gasteiger partial charge is 0.370 e. The number of carbonyl (C=O) groups excluding carboxylic acids is 1. The van der Waals surface area contributed by atoms with Crippen LogP contribution in [0.3, 0.4) is 0 Å². The number of guanidine groups is 1. The van der Waals surface area contributed by atoms with Gasteiger partial charge in [-0.1, -0.05) is 37.0 Å². The van der Waals surface area contributed by atoms with E-state index in [1.165, 1.54) is 37.7 Å². The van der Waals surface area contributed by atoms with Gasteiger partial charge in [-0.3, -0.25) is 9.79 Å². The van der Waals surface area contributed by atoms with Crippen LogP contribution in [0.4, 0.5) is 5.69 Å². The molecule has 1 aliphatic rings. The highest BCUT2D eigenvalue weighted by molar-refractivity contribution is 14.0. The van der Waals surface area contributed by atoms with Crippen molar-refractivity contribution in [1.82, 2.24) is 5.32 Å². The first-order valence-corrected chi connectivity index (χ1v) is 8.54. The van der Waals surface area contributed by atoms with E-state index in [2.05, 4.69) is 15.6 Å². The molecule has 0 saturated heterocycles. The Morgan fingerprint density at radius 1 is 1.21 bits per heavy atom. The van der Waals surface area contributed by atoms with Crippen molar-refractivity contribution >= 4 is 41.5 Å². The Labute approximate surface area is 161 Å². The third-order valence-corrected chi connectivity index (χ3v) is 4.24. The Kier molecular flexibility index (Phi) is 9.75. The second-order valence-electron chi connectivity index (χ2n) is 6.32. The Morgan fingerprint density at radius 2 is 1.88 bits per heavy atom. The van der Waals surface area contributed by atoms with E-state index in [1.54, 1.807) is 0 Å². The molecule has 134 valence electrons. The van der Waals surface area contributed by atoms with Crippen LogP contribution in [-0.2, 0) is 4.79 Å². The second kappa shape index (κ2) is 11.3. The van der Waals surface area contributed by atoms with Crippen LogP contribution in [0.1, 0.15) is 44.1 Å². The van der Waals surface area contributed by atoms with E-state index >= 15 is 0 Å². The fourth-order valence-corrected chi connectivity index (χ4v) is 2.92. The van der Waals surface area contributed by atoms with Gasteiger partial charge in [0.1, 0.15) is 0 Å². The highest BCUT2D eigenvalue weighted by Crippen LogP contribution is 2.25. The van der Waals surface area contributed by atoms with Gasteiger partial charge < -0.3 is 16.4 Å². The molecule has 6 heteroatoms. The zero-order valence-electron chi connectivity index (χ0n) is 14.4. The van der Waals surface area contributed by atoms with Gasteiger partial charge in [0, 0.05) is 18.7 Å². The van der Waals surface area contributed by atoms with Gasteiger partial charge in [0.05, 0.1) is 6.54 Å². The topological polar surface area (TPSA) is 79.5 Å². The van der Waals surface area contributed by atoms with Gasteiger partial charge >= 0.3 is 0 Å². The Balaban J connectivity index is 0.00000288. The summed E-state index contributed by atoms with van der Waals surface area (Å²) < 4.78 is 0. The molecule has 0 bridgehead atoms. The first-order valence-electron chi connectivity index (χ1n) is 8.54. The lowest BCUT2D eigenvalue weighted by Gasteiger charge is -2.20. The molecule has 0 unspecified atom stereocenters. The second-order valence-corrected chi connectivity index (χ2v) is 6.32. The Hall–Kier alpha value is -1.31. The number of hydrogen-bond acceptors (Lipinski definition) is 2. The molecular formula is C18H29IN4O. The van der Waals surface area contributed by atoms with Crippen LogP contribution in [0.25, 0.3) is 0 Å². The van der Waals surface area contributed by atoms with Crippen LogP contribution in [-0.4, -0.2) is 25.0 Å². The van der Waals surface area contributed by atoms with Crippen molar-refractivity contribution in [1.29, 1.82) is 0 Å². The molecule has 0 radical (unpaired) electrons. The van der Waals surface area contributed by atoms with E-state index in [0.717, 1.165) is 5.69 Å². The molecule has 24 heavy (non-hydrogen) atoms. The number of anilines is 1. The molecule has 1 aliphatic carbocycles. The number of halogens is 1. The molecule has 1 amide bonds. The number of nitrogens with one attached hydrogen (secondary N) is 2. The monoisotopic (exact) mass is 444 g/mol. The summed E-state index contributed by atoms with van der Waals surface area (Å²) in [5.74, 6) is 1.08. The number of amides is 1. The molecule has 0 heterocycles. The fourth-order valence-electron chi connectivity index (χ4n) is 2.92. The van der Waals surface area contributed by atoms with E-state index in [9.17, 15) is 4.79 Å². The van der Waals surface area contributed by atoms with E-state index < -0.39 is 0 Å². The molecular weight excluding hydrogens is 415 g/mol. The molecule has 1 aromatic rings. The van der Waals surface area contributed by atoms with Crippen molar-refractivity contribution in [3.8, 4) is 0 Å². The van der Waals surface area contributed by atoms with Gasteiger partial charge in [-0.25, -0.2) is 0 Å². The van der Waals surface area contributed by atoms with Crippen LogP contribution in [0.2, 0.25) is 0 Å². The third kappa shape index (κ3) is 7.99. The molecule has 0 atom stereocenters. The maximum absolute atomic E-state index is 11.9. The van der Waals surface area contributed by atoms with Gasteiger partial charge in [-0.15, -0.1) is 24.0 Å². The first kappa shape index (κ1) is 20.7. The Bertz CT molecular complexity index is 524. The Morgan fingerprint density at radius 3 is 2.54 bits per heavy atom. The van der Waals surface area contributed by atoms with Crippen LogP contribution in [0.5, 0.6) is 0 Å². The fraction of sp³-hybridized carbons (Fsp3) is 0.556. The predicted molar refractivity (Wildman–Crippen MR) is 111 cm³/mol. The summed E-state index contributed by atoms with van der Waals surface area (Å²) in [5, 5.41) is 5.97. The van der Waals surface area contributed by atoms with E-state index in [-0.39, 0.29) is 29.9 Å². The standard InChI is InChI=1S/C18H28N4O.HI/c1-14-7-9-16(10-8-14)22-18(19)21-12-11-20-17(23)13-15-5-3-2-4-6-15;/h7-10,15H,2-6,11-13H2,1H3,(H,20,23)(H3,19,21,22);1H. The van der Waals surface area contributed by atoms with Crippen molar-refractivity contribution in [3.63, 3.8) is 0 Å². The van der Waals surface area contributed by atoms with Crippen LogP contribution < -0.4 is 16.4 Å². The lowest BCUT2D eigenvalue weighted by molar-refractivity contribution is -0.122. The quantitative estimate of drug-likeness (QED) is 0.272. The third-order valence-electron chi connectivity index (χ3n) is 4.24. The van der Waals surface area contributed by atoms with Crippen LogP contribution >= 0.6 is 24.0 Å². The summed E-state index contributed by atoms with van der Waals surface area (Å²) in [7, 11) is 0. The summed E-state index contributed by atoms with van der Waals surface area (Å²) in [4.78, 5) is 16.1. The number of nitrogens with zero attached hydrogens (tertiary/aromatic N) is 1. The normalized spacial score (nSPS) is 15.5. The molecule has 1 fully saturated rings. The number of nitrogens with two attached hydrogens (primary N) is 1. The van der Waals surface area contributed by atoms with Gasteiger partial charge in [0.2, 0.25) is 5.91 Å². The van der Waals surface area contributed by atoms with Crippen molar-refractivity contribution in [2.45, 2.75) is 45.4 Å². The average molecular weight is 444 g/mol. The van der Waals surface area contributed by atoms with E-state index in [1.807, 2.05) is 31.2 Å². The lowest BCUT2D eigenvalue weighted by atomic mass is 9.87. The number of aryl methyl sites for hydroxylation is 1. The number of hydrogen-bond donors (Lipinski definition) is 3. The van der Waals surface area contributed by atoms with E-state index in [4.69, 9.17) is 5.73 Å². The summed E-state index contributed by atoms with van der Waals surface area (Å²) in [6.07, 6.45) is 6.89. The SMILES string of the molecule is Cc1ccc(NC(N)=NCCNC(=O)CC2CCCCC2)cc1.I. The molecule has 0 aromatic heterocycles. The number of carbonyl (C=O) groups is 1. The molecule has 2 rings (SSSR count). The van der Waals surface area contributed by atoms with Crippen LogP contribution in [0, 0.1) is 12.8 Å².